The summed E-state index contributed by atoms with van der Waals surface area (Å²) in [5.74, 6) is 0.707. The molecule has 1 nitrogen and oxygen atoms in total. The Morgan fingerprint density at radius 2 is 1.95 bits per heavy atom. The van der Waals surface area contributed by atoms with Crippen molar-refractivity contribution >= 4 is 27.7 Å². The minimum absolute atomic E-state index is 0.0610. The lowest BCUT2D eigenvalue weighted by Crippen LogP contribution is -2.26. The van der Waals surface area contributed by atoms with Crippen molar-refractivity contribution in [2.24, 2.45) is 5.92 Å². The Bertz CT molecular complexity index is 424. The maximum Gasteiger partial charge on any atom is 0.441 e. The zero-order valence-electron chi connectivity index (χ0n) is 12.2. The number of nitrogens with one attached hydrogen (secondary N) is 1. The minimum atomic E-state index is -4.15. The summed E-state index contributed by atoms with van der Waals surface area (Å²) in [6, 6.07) is 7.81. The summed E-state index contributed by atoms with van der Waals surface area (Å²) in [4.78, 5) is 0. The molecule has 21 heavy (non-hydrogen) atoms. The number of hydrogen-bond donors (Lipinski definition) is 1. The molecule has 0 saturated carbocycles. The maximum atomic E-state index is 12.3. The molecule has 0 heterocycles. The van der Waals surface area contributed by atoms with E-state index < -0.39 is 5.51 Å². The van der Waals surface area contributed by atoms with Gasteiger partial charge in [0.15, 0.2) is 0 Å². The fourth-order valence-electron chi connectivity index (χ4n) is 2.01. The highest BCUT2D eigenvalue weighted by molar-refractivity contribution is 9.10. The van der Waals surface area contributed by atoms with Crippen molar-refractivity contribution in [2.45, 2.75) is 31.7 Å². The second-order valence-electron chi connectivity index (χ2n) is 5.39. The van der Waals surface area contributed by atoms with Gasteiger partial charge in [0.1, 0.15) is 0 Å². The monoisotopic (exact) mass is 383 g/mol. The van der Waals surface area contributed by atoms with Crippen LogP contribution in [-0.4, -0.2) is 24.4 Å². The normalized spacial score (nSPS) is 13.7. The van der Waals surface area contributed by atoms with Gasteiger partial charge in [0, 0.05) is 16.8 Å². The highest BCUT2D eigenvalue weighted by atomic mass is 79.9. The van der Waals surface area contributed by atoms with E-state index in [0.29, 0.717) is 18.9 Å². The van der Waals surface area contributed by atoms with Gasteiger partial charge in [-0.15, -0.1) is 0 Å². The third-order valence-corrected chi connectivity index (χ3v) is 4.26. The largest absolute Gasteiger partial charge is 0.441 e. The van der Waals surface area contributed by atoms with Crippen LogP contribution in [0.5, 0.6) is 0 Å². The van der Waals surface area contributed by atoms with E-state index in [1.165, 1.54) is 0 Å². The summed E-state index contributed by atoms with van der Waals surface area (Å²) in [5.41, 5.74) is -3.07. The van der Waals surface area contributed by atoms with E-state index in [2.05, 4.69) is 35.1 Å². The molecule has 1 aromatic rings. The first kappa shape index (κ1) is 18.8. The van der Waals surface area contributed by atoms with Crippen molar-refractivity contribution in [3.8, 4) is 0 Å². The number of thioether (sulfide) groups is 1. The van der Waals surface area contributed by atoms with Crippen molar-refractivity contribution in [1.29, 1.82) is 0 Å². The van der Waals surface area contributed by atoms with Gasteiger partial charge in [0.05, 0.1) is 0 Å². The van der Waals surface area contributed by atoms with E-state index in [-0.39, 0.29) is 23.4 Å². The lowest BCUT2D eigenvalue weighted by Gasteiger charge is -2.19. The number of alkyl halides is 3. The molecule has 1 rings (SSSR count). The van der Waals surface area contributed by atoms with Gasteiger partial charge in [-0.25, -0.2) is 0 Å². The summed E-state index contributed by atoms with van der Waals surface area (Å²) < 4.78 is 37.8. The molecule has 0 spiro atoms. The van der Waals surface area contributed by atoms with Gasteiger partial charge in [-0.3, -0.25) is 0 Å². The molecule has 120 valence electrons. The highest BCUT2D eigenvalue weighted by Crippen LogP contribution is 2.33. The molecule has 1 unspecified atom stereocenters. The molecule has 0 fully saturated rings. The molecule has 0 aliphatic heterocycles. The Kier molecular flexibility index (Phi) is 8.13. The van der Waals surface area contributed by atoms with Crippen LogP contribution in [0.1, 0.15) is 31.7 Å². The fourth-order valence-corrected chi connectivity index (χ4v) is 3.06. The van der Waals surface area contributed by atoms with Gasteiger partial charge in [0.25, 0.3) is 0 Å². The van der Waals surface area contributed by atoms with Crippen LogP contribution in [0.2, 0.25) is 0 Å². The second-order valence-corrected chi connectivity index (χ2v) is 7.46. The molecule has 0 aliphatic rings. The van der Waals surface area contributed by atoms with E-state index in [1.807, 2.05) is 24.3 Å². The number of rotatable bonds is 8. The van der Waals surface area contributed by atoms with Crippen LogP contribution in [0.4, 0.5) is 13.2 Å². The quantitative estimate of drug-likeness (QED) is 0.642. The van der Waals surface area contributed by atoms with Crippen LogP contribution in [0.15, 0.2) is 28.7 Å². The van der Waals surface area contributed by atoms with Crippen LogP contribution >= 0.6 is 27.7 Å². The summed E-state index contributed by atoms with van der Waals surface area (Å²) in [6.07, 6.45) is 0.506. The molecule has 1 aromatic carbocycles. The van der Waals surface area contributed by atoms with Crippen molar-refractivity contribution in [1.82, 2.24) is 5.32 Å². The summed E-state index contributed by atoms with van der Waals surface area (Å²) in [7, 11) is 0. The Balaban J connectivity index is 2.61. The molecular formula is C15H21BrF3NS. The Labute approximate surface area is 137 Å². The van der Waals surface area contributed by atoms with Crippen LogP contribution in [-0.2, 0) is 0 Å². The van der Waals surface area contributed by atoms with Crippen LogP contribution in [0.3, 0.4) is 0 Å². The lowest BCUT2D eigenvalue weighted by atomic mass is 9.96. The van der Waals surface area contributed by atoms with Crippen molar-refractivity contribution in [3.05, 3.63) is 34.3 Å². The van der Waals surface area contributed by atoms with Crippen molar-refractivity contribution < 1.29 is 13.2 Å². The fraction of sp³-hybridized carbons (Fsp3) is 0.600. The molecule has 6 heteroatoms. The van der Waals surface area contributed by atoms with Gasteiger partial charge in [0.2, 0.25) is 0 Å². The van der Waals surface area contributed by atoms with Gasteiger partial charge in [-0.05, 0) is 42.5 Å². The molecule has 0 saturated heterocycles. The van der Waals surface area contributed by atoms with E-state index in [1.54, 1.807) is 0 Å². The maximum absolute atomic E-state index is 12.3. The molecule has 0 amide bonds. The van der Waals surface area contributed by atoms with E-state index >= 15 is 0 Å². The Hall–Kier alpha value is -0.200. The Morgan fingerprint density at radius 3 is 2.52 bits per heavy atom. The molecule has 0 aromatic heterocycles. The zero-order valence-corrected chi connectivity index (χ0v) is 14.6. The summed E-state index contributed by atoms with van der Waals surface area (Å²) in [6.45, 7) is 5.80. The van der Waals surface area contributed by atoms with Crippen LogP contribution in [0.25, 0.3) is 0 Å². The van der Waals surface area contributed by atoms with E-state index in [4.69, 9.17) is 0 Å². The van der Waals surface area contributed by atoms with Gasteiger partial charge < -0.3 is 5.32 Å². The topological polar surface area (TPSA) is 12.0 Å². The zero-order chi connectivity index (χ0) is 15.9. The van der Waals surface area contributed by atoms with Gasteiger partial charge >= 0.3 is 5.51 Å². The van der Waals surface area contributed by atoms with E-state index in [0.717, 1.165) is 16.6 Å². The predicted molar refractivity (Wildman–Crippen MR) is 87.7 cm³/mol. The first-order valence-electron chi connectivity index (χ1n) is 6.95. The van der Waals surface area contributed by atoms with Gasteiger partial charge in [-0.1, -0.05) is 53.7 Å². The smallest absolute Gasteiger partial charge is 0.316 e. The average molecular weight is 384 g/mol. The molecule has 1 N–H and O–H groups in total. The van der Waals surface area contributed by atoms with Crippen LogP contribution in [0, 0.1) is 5.92 Å². The third-order valence-electron chi connectivity index (χ3n) is 3.00. The Morgan fingerprint density at radius 1 is 1.24 bits per heavy atom. The third kappa shape index (κ3) is 8.73. The molecular weight excluding hydrogens is 363 g/mol. The van der Waals surface area contributed by atoms with Crippen molar-refractivity contribution in [2.75, 3.05) is 18.8 Å². The molecule has 1 atom stereocenters. The molecule has 0 radical (unpaired) electrons. The molecule has 0 bridgehead atoms. The second kappa shape index (κ2) is 9.06. The highest BCUT2D eigenvalue weighted by Gasteiger charge is 2.28. The summed E-state index contributed by atoms with van der Waals surface area (Å²) >= 11 is 3.48. The number of halogens is 4. The van der Waals surface area contributed by atoms with Crippen molar-refractivity contribution in [3.63, 3.8) is 0 Å². The van der Waals surface area contributed by atoms with Crippen LogP contribution < -0.4 is 5.32 Å². The summed E-state index contributed by atoms with van der Waals surface area (Å²) in [5, 5.41) is 3.34. The first-order chi connectivity index (χ1) is 9.78. The number of benzene rings is 1. The van der Waals surface area contributed by atoms with E-state index in [9.17, 15) is 13.2 Å². The number of hydrogen-bond acceptors (Lipinski definition) is 2. The standard InChI is InChI=1S/C15H21BrF3NS/c1-11(2)9-20-10-13(6-7-21-15(17,18)19)12-4-3-5-14(16)8-12/h3-5,8,11,13,20H,6-7,9-10H2,1-2H3. The van der Waals surface area contributed by atoms with Gasteiger partial charge in [-0.2, -0.15) is 13.2 Å². The predicted octanol–water partition coefficient (Wildman–Crippen LogP) is 5.42. The first-order valence-corrected chi connectivity index (χ1v) is 8.72. The molecule has 0 aliphatic carbocycles. The SMILES string of the molecule is CC(C)CNCC(CCSC(F)(F)F)c1cccc(Br)c1. The average Bonchev–Trinajstić information content (AvgIpc) is 2.35. The minimum Gasteiger partial charge on any atom is -0.316 e. The lowest BCUT2D eigenvalue weighted by molar-refractivity contribution is -0.0328.